The first-order valence-electron chi connectivity index (χ1n) is 7.35. The SMILES string of the molecule is O=C(NCc1ccncc1)c1ccc(Nc2cccc(Cl)c2Cl)nn1. The number of amides is 1. The highest BCUT2D eigenvalue weighted by Gasteiger charge is 2.09. The van der Waals surface area contributed by atoms with Gasteiger partial charge in [-0.3, -0.25) is 9.78 Å². The summed E-state index contributed by atoms with van der Waals surface area (Å²) in [6.45, 7) is 0.390. The molecule has 1 amide bonds. The van der Waals surface area contributed by atoms with E-state index in [1.54, 1.807) is 42.7 Å². The number of pyridine rings is 1. The number of nitrogens with one attached hydrogen (secondary N) is 2. The number of benzene rings is 1. The van der Waals surface area contributed by atoms with Crippen LogP contribution in [0.2, 0.25) is 10.0 Å². The molecule has 2 heterocycles. The fraction of sp³-hybridized carbons (Fsp3) is 0.0588. The van der Waals surface area contributed by atoms with E-state index in [1.807, 2.05) is 12.1 Å². The minimum Gasteiger partial charge on any atom is -0.347 e. The lowest BCUT2D eigenvalue weighted by atomic mass is 10.2. The van der Waals surface area contributed by atoms with Crippen LogP contribution < -0.4 is 10.6 Å². The molecule has 0 fully saturated rings. The number of carbonyl (C=O) groups is 1. The summed E-state index contributed by atoms with van der Waals surface area (Å²) in [5.41, 5.74) is 1.78. The monoisotopic (exact) mass is 373 g/mol. The van der Waals surface area contributed by atoms with Gasteiger partial charge in [0.2, 0.25) is 0 Å². The van der Waals surface area contributed by atoms with Crippen LogP contribution in [0.5, 0.6) is 0 Å². The zero-order valence-electron chi connectivity index (χ0n) is 12.9. The van der Waals surface area contributed by atoms with Gasteiger partial charge in [-0.2, -0.15) is 0 Å². The minimum absolute atomic E-state index is 0.219. The second-order valence-electron chi connectivity index (χ2n) is 5.07. The van der Waals surface area contributed by atoms with E-state index in [9.17, 15) is 4.79 Å². The van der Waals surface area contributed by atoms with Gasteiger partial charge in [0.1, 0.15) is 0 Å². The zero-order chi connectivity index (χ0) is 17.6. The molecule has 0 aliphatic carbocycles. The summed E-state index contributed by atoms with van der Waals surface area (Å²) in [6, 6.07) is 12.1. The molecule has 0 spiro atoms. The summed E-state index contributed by atoms with van der Waals surface area (Å²) in [7, 11) is 0. The zero-order valence-corrected chi connectivity index (χ0v) is 14.4. The molecule has 0 aliphatic rings. The molecule has 0 unspecified atom stereocenters. The topological polar surface area (TPSA) is 79.8 Å². The normalized spacial score (nSPS) is 10.3. The summed E-state index contributed by atoms with van der Waals surface area (Å²) in [5.74, 6) is 0.145. The van der Waals surface area contributed by atoms with Crippen molar-refractivity contribution in [2.75, 3.05) is 5.32 Å². The maximum atomic E-state index is 12.1. The Morgan fingerprint density at radius 2 is 1.80 bits per heavy atom. The van der Waals surface area contributed by atoms with Gasteiger partial charge in [0.15, 0.2) is 11.5 Å². The van der Waals surface area contributed by atoms with E-state index in [4.69, 9.17) is 23.2 Å². The second kappa shape index (κ2) is 7.92. The van der Waals surface area contributed by atoms with Crippen molar-refractivity contribution in [3.63, 3.8) is 0 Å². The summed E-state index contributed by atoms with van der Waals surface area (Å²) in [4.78, 5) is 16.0. The molecule has 0 atom stereocenters. The van der Waals surface area contributed by atoms with Crippen LogP contribution in [0.3, 0.4) is 0 Å². The second-order valence-corrected chi connectivity index (χ2v) is 5.85. The van der Waals surface area contributed by atoms with Crippen LogP contribution in [0.4, 0.5) is 11.5 Å². The third kappa shape index (κ3) is 4.43. The third-order valence-electron chi connectivity index (χ3n) is 3.31. The molecule has 2 aromatic heterocycles. The molecule has 0 bridgehead atoms. The van der Waals surface area contributed by atoms with Gasteiger partial charge in [0.25, 0.3) is 5.91 Å². The van der Waals surface area contributed by atoms with Crippen molar-refractivity contribution in [3.8, 4) is 0 Å². The molecular formula is C17H13Cl2N5O. The van der Waals surface area contributed by atoms with Gasteiger partial charge in [0.05, 0.1) is 15.7 Å². The summed E-state index contributed by atoms with van der Waals surface area (Å²) >= 11 is 12.1. The van der Waals surface area contributed by atoms with Crippen molar-refractivity contribution >= 4 is 40.6 Å². The Bertz CT molecular complexity index is 872. The fourth-order valence-corrected chi connectivity index (χ4v) is 2.38. The molecule has 0 saturated carbocycles. The van der Waals surface area contributed by atoms with Gasteiger partial charge < -0.3 is 10.6 Å². The first-order valence-corrected chi connectivity index (χ1v) is 8.11. The molecule has 0 radical (unpaired) electrons. The van der Waals surface area contributed by atoms with Crippen molar-refractivity contribution in [2.45, 2.75) is 6.54 Å². The quantitative estimate of drug-likeness (QED) is 0.709. The summed E-state index contributed by atoms with van der Waals surface area (Å²) < 4.78 is 0. The molecule has 8 heteroatoms. The van der Waals surface area contributed by atoms with Crippen molar-refractivity contribution < 1.29 is 4.79 Å². The van der Waals surface area contributed by atoms with Crippen LogP contribution in [0.15, 0.2) is 54.9 Å². The number of rotatable bonds is 5. The molecule has 25 heavy (non-hydrogen) atoms. The molecule has 1 aromatic carbocycles. The lowest BCUT2D eigenvalue weighted by Gasteiger charge is -2.08. The number of anilines is 2. The third-order valence-corrected chi connectivity index (χ3v) is 4.13. The van der Waals surface area contributed by atoms with Gasteiger partial charge in [-0.25, -0.2) is 0 Å². The first kappa shape index (κ1) is 17.1. The number of hydrogen-bond acceptors (Lipinski definition) is 5. The van der Waals surface area contributed by atoms with Gasteiger partial charge in [0, 0.05) is 18.9 Å². The standard InChI is InChI=1S/C17H13Cl2N5O/c18-12-2-1-3-13(16(12)19)22-15-5-4-14(23-24-15)17(25)21-10-11-6-8-20-9-7-11/h1-9H,10H2,(H,21,25)(H,22,24). The molecule has 6 nitrogen and oxygen atoms in total. The fourth-order valence-electron chi connectivity index (χ4n) is 2.03. The number of aromatic nitrogens is 3. The Kier molecular flexibility index (Phi) is 5.42. The Hall–Kier alpha value is -2.70. The van der Waals surface area contributed by atoms with E-state index in [-0.39, 0.29) is 11.6 Å². The molecular weight excluding hydrogens is 361 g/mol. The van der Waals surface area contributed by atoms with E-state index >= 15 is 0 Å². The van der Waals surface area contributed by atoms with Crippen LogP contribution in [-0.4, -0.2) is 21.1 Å². The van der Waals surface area contributed by atoms with Gasteiger partial charge in [-0.05, 0) is 42.0 Å². The van der Waals surface area contributed by atoms with E-state index in [0.717, 1.165) is 5.56 Å². The van der Waals surface area contributed by atoms with Crippen molar-refractivity contribution in [3.05, 3.63) is 76.2 Å². The van der Waals surface area contributed by atoms with Crippen LogP contribution in [-0.2, 0) is 6.54 Å². The highest BCUT2D eigenvalue weighted by atomic mass is 35.5. The smallest absolute Gasteiger partial charge is 0.272 e. The van der Waals surface area contributed by atoms with E-state index in [0.29, 0.717) is 28.1 Å². The molecule has 3 aromatic rings. The number of carbonyl (C=O) groups excluding carboxylic acids is 1. The summed E-state index contributed by atoms with van der Waals surface area (Å²) in [6.07, 6.45) is 3.34. The van der Waals surface area contributed by atoms with Crippen LogP contribution in [0.1, 0.15) is 16.1 Å². The van der Waals surface area contributed by atoms with E-state index in [2.05, 4.69) is 25.8 Å². The van der Waals surface area contributed by atoms with Crippen LogP contribution in [0.25, 0.3) is 0 Å². The number of hydrogen-bond donors (Lipinski definition) is 2. The lowest BCUT2D eigenvalue weighted by Crippen LogP contribution is -2.24. The molecule has 3 rings (SSSR count). The lowest BCUT2D eigenvalue weighted by molar-refractivity contribution is 0.0945. The maximum absolute atomic E-state index is 12.1. The Labute approximate surface area is 154 Å². The van der Waals surface area contributed by atoms with Crippen molar-refractivity contribution in [2.24, 2.45) is 0 Å². The maximum Gasteiger partial charge on any atom is 0.272 e. The van der Waals surface area contributed by atoms with E-state index in [1.165, 1.54) is 0 Å². The van der Waals surface area contributed by atoms with Gasteiger partial charge >= 0.3 is 0 Å². The van der Waals surface area contributed by atoms with Crippen molar-refractivity contribution in [1.82, 2.24) is 20.5 Å². The number of nitrogens with zero attached hydrogens (tertiary/aromatic N) is 3. The van der Waals surface area contributed by atoms with Gasteiger partial charge in [-0.1, -0.05) is 29.3 Å². The Morgan fingerprint density at radius 1 is 1.00 bits per heavy atom. The minimum atomic E-state index is -0.309. The predicted molar refractivity (Wildman–Crippen MR) is 97.2 cm³/mol. The van der Waals surface area contributed by atoms with Gasteiger partial charge in [-0.15, -0.1) is 10.2 Å². The summed E-state index contributed by atoms with van der Waals surface area (Å²) in [5, 5.41) is 14.5. The predicted octanol–water partition coefficient (Wildman–Crippen LogP) is 3.85. The average molecular weight is 374 g/mol. The highest BCUT2D eigenvalue weighted by Crippen LogP contribution is 2.31. The first-order chi connectivity index (χ1) is 12.1. The van der Waals surface area contributed by atoms with Crippen molar-refractivity contribution in [1.29, 1.82) is 0 Å². The largest absolute Gasteiger partial charge is 0.347 e. The van der Waals surface area contributed by atoms with E-state index < -0.39 is 0 Å². The molecule has 0 aliphatic heterocycles. The molecule has 0 saturated heterocycles. The average Bonchev–Trinajstić information content (AvgIpc) is 2.65. The Morgan fingerprint density at radius 3 is 2.52 bits per heavy atom. The van der Waals surface area contributed by atoms with Crippen LogP contribution in [0, 0.1) is 0 Å². The molecule has 2 N–H and O–H groups in total. The highest BCUT2D eigenvalue weighted by molar-refractivity contribution is 6.43. The Balaban J connectivity index is 1.63. The molecule has 126 valence electrons. The number of halogens is 2. The van der Waals surface area contributed by atoms with Crippen LogP contribution >= 0.6 is 23.2 Å².